The molecule has 4 heteroatoms. The summed E-state index contributed by atoms with van der Waals surface area (Å²) in [6, 6.07) is 16.3. The third-order valence-electron chi connectivity index (χ3n) is 5.12. The third-order valence-corrected chi connectivity index (χ3v) is 5.12. The van der Waals surface area contributed by atoms with Gasteiger partial charge in [0.05, 0.1) is 0 Å². The molecule has 1 saturated heterocycles. The third kappa shape index (κ3) is 2.93. The highest BCUT2D eigenvalue weighted by molar-refractivity contribution is 5.95. The first-order valence-corrected chi connectivity index (χ1v) is 8.99. The van der Waals surface area contributed by atoms with E-state index in [1.165, 1.54) is 5.56 Å². The van der Waals surface area contributed by atoms with E-state index in [2.05, 4.69) is 35.1 Å². The molecule has 0 saturated carbocycles. The van der Waals surface area contributed by atoms with Crippen LogP contribution in [0.2, 0.25) is 0 Å². The smallest absolute Gasteiger partial charge is 0.253 e. The topological polar surface area (TPSA) is 35.6 Å². The van der Waals surface area contributed by atoms with E-state index in [0.29, 0.717) is 0 Å². The molecule has 26 heavy (non-hydrogen) atoms. The predicted octanol–water partition coefficient (Wildman–Crippen LogP) is 3.04. The lowest BCUT2D eigenvalue weighted by Gasteiger charge is -2.28. The van der Waals surface area contributed by atoms with Gasteiger partial charge < -0.3 is 15.1 Å². The Bertz CT molecular complexity index is 877. The van der Waals surface area contributed by atoms with E-state index in [1.54, 1.807) is 0 Å². The van der Waals surface area contributed by atoms with E-state index in [1.807, 2.05) is 48.3 Å². The molecule has 0 bridgehead atoms. The first-order chi connectivity index (χ1) is 12.6. The van der Waals surface area contributed by atoms with Crippen LogP contribution >= 0.6 is 0 Å². The Morgan fingerprint density at radius 3 is 2.35 bits per heavy atom. The number of nitrogens with one attached hydrogen (secondary N) is 1. The van der Waals surface area contributed by atoms with Gasteiger partial charge in [-0.25, -0.2) is 0 Å². The fourth-order valence-corrected chi connectivity index (χ4v) is 3.57. The number of amides is 1. The van der Waals surface area contributed by atoms with Crippen molar-refractivity contribution in [1.29, 1.82) is 0 Å². The highest BCUT2D eigenvalue weighted by Gasteiger charge is 2.21. The number of carbonyl (C=O) groups is 1. The van der Waals surface area contributed by atoms with Crippen LogP contribution < -0.4 is 5.32 Å². The summed E-state index contributed by atoms with van der Waals surface area (Å²) in [5, 5.41) is 3.28. The van der Waals surface area contributed by atoms with Crippen molar-refractivity contribution in [3.05, 3.63) is 83.6 Å². The molecule has 1 N–H and O–H groups in total. The van der Waals surface area contributed by atoms with Crippen LogP contribution in [-0.2, 0) is 0 Å². The molecule has 0 radical (unpaired) electrons. The zero-order valence-electron chi connectivity index (χ0n) is 15.0. The van der Waals surface area contributed by atoms with Gasteiger partial charge in [-0.05, 0) is 23.3 Å². The largest absolute Gasteiger partial charge is 0.350 e. The minimum absolute atomic E-state index is 0.113. The Labute approximate surface area is 154 Å². The van der Waals surface area contributed by atoms with Gasteiger partial charge in [-0.3, -0.25) is 4.79 Å². The number of hydrogen-bond acceptors (Lipinski definition) is 3. The number of benzene rings is 2. The fourth-order valence-electron chi connectivity index (χ4n) is 3.57. The molecule has 1 amide bonds. The average molecular weight is 345 g/mol. The van der Waals surface area contributed by atoms with Crippen LogP contribution in [0.4, 0.5) is 0 Å². The van der Waals surface area contributed by atoms with Crippen molar-refractivity contribution in [3.8, 4) is 0 Å². The highest BCUT2D eigenvalue weighted by Crippen LogP contribution is 2.35. The predicted molar refractivity (Wildman–Crippen MR) is 106 cm³/mol. The summed E-state index contributed by atoms with van der Waals surface area (Å²) in [5.74, 6) is 0.113. The quantitative estimate of drug-likeness (QED) is 0.909. The maximum Gasteiger partial charge on any atom is 0.253 e. The van der Waals surface area contributed by atoms with Gasteiger partial charge in [0.2, 0.25) is 0 Å². The van der Waals surface area contributed by atoms with E-state index < -0.39 is 0 Å². The Kier molecular flexibility index (Phi) is 4.35. The maximum atomic E-state index is 12.6. The Hall–Kier alpha value is -2.85. The van der Waals surface area contributed by atoms with Crippen molar-refractivity contribution in [2.45, 2.75) is 0 Å². The SMILES string of the molecule is C=C1c2ccccc2C(c2ccc(C(=O)N3CCNCC3)cc2)=CN1C. The van der Waals surface area contributed by atoms with Crippen LogP contribution in [0.1, 0.15) is 27.0 Å². The van der Waals surface area contributed by atoms with Gasteiger partial charge in [-0.15, -0.1) is 0 Å². The Morgan fingerprint density at radius 2 is 1.65 bits per heavy atom. The number of rotatable bonds is 2. The van der Waals surface area contributed by atoms with Crippen molar-refractivity contribution in [2.24, 2.45) is 0 Å². The number of nitrogens with zero attached hydrogens (tertiary/aromatic N) is 2. The second kappa shape index (κ2) is 6.81. The average Bonchev–Trinajstić information content (AvgIpc) is 2.71. The van der Waals surface area contributed by atoms with Gasteiger partial charge in [-0.2, -0.15) is 0 Å². The summed E-state index contributed by atoms with van der Waals surface area (Å²) in [6.07, 6.45) is 2.11. The van der Waals surface area contributed by atoms with Gasteiger partial charge in [0, 0.05) is 61.8 Å². The van der Waals surface area contributed by atoms with Crippen LogP contribution in [0.5, 0.6) is 0 Å². The molecule has 0 unspecified atom stereocenters. The van der Waals surface area contributed by atoms with Crippen LogP contribution in [-0.4, -0.2) is 48.9 Å². The van der Waals surface area contributed by atoms with Gasteiger partial charge in [0.15, 0.2) is 0 Å². The molecule has 0 aliphatic carbocycles. The van der Waals surface area contributed by atoms with E-state index in [4.69, 9.17) is 0 Å². The van der Waals surface area contributed by atoms with Crippen molar-refractivity contribution in [2.75, 3.05) is 33.2 Å². The summed E-state index contributed by atoms with van der Waals surface area (Å²) in [6.45, 7) is 7.45. The molecule has 0 atom stereocenters. The zero-order valence-corrected chi connectivity index (χ0v) is 15.0. The van der Waals surface area contributed by atoms with Gasteiger partial charge in [-0.1, -0.05) is 43.0 Å². The Balaban J connectivity index is 1.64. The molecular weight excluding hydrogens is 322 g/mol. The molecule has 2 aromatic rings. The van der Waals surface area contributed by atoms with E-state index >= 15 is 0 Å². The van der Waals surface area contributed by atoms with Crippen molar-refractivity contribution < 1.29 is 4.79 Å². The highest BCUT2D eigenvalue weighted by atomic mass is 16.2. The standard InChI is InChI=1S/C22H23N3O/c1-16-19-5-3-4-6-20(19)21(15-24(16)2)17-7-9-18(10-8-17)22(26)25-13-11-23-12-14-25/h3-10,15,23H,1,11-14H2,2H3. The number of carbonyl (C=O) groups excluding carboxylic acids is 1. The number of piperazine rings is 1. The molecule has 4 nitrogen and oxygen atoms in total. The second-order valence-electron chi connectivity index (χ2n) is 6.77. The molecule has 2 aliphatic heterocycles. The lowest BCUT2D eigenvalue weighted by Crippen LogP contribution is -2.46. The molecular formula is C22H23N3O. The van der Waals surface area contributed by atoms with E-state index in [-0.39, 0.29) is 5.91 Å². The molecule has 1 fully saturated rings. The van der Waals surface area contributed by atoms with Crippen LogP contribution in [0.25, 0.3) is 11.3 Å². The van der Waals surface area contributed by atoms with Crippen LogP contribution in [0.15, 0.2) is 61.3 Å². The lowest BCUT2D eigenvalue weighted by atomic mass is 9.90. The molecule has 132 valence electrons. The summed E-state index contributed by atoms with van der Waals surface area (Å²) >= 11 is 0. The van der Waals surface area contributed by atoms with Gasteiger partial charge >= 0.3 is 0 Å². The minimum atomic E-state index is 0.113. The number of hydrogen-bond donors (Lipinski definition) is 1. The van der Waals surface area contributed by atoms with E-state index in [9.17, 15) is 4.79 Å². The zero-order chi connectivity index (χ0) is 18.1. The molecule has 2 heterocycles. The summed E-state index contributed by atoms with van der Waals surface area (Å²) in [7, 11) is 2.01. The van der Waals surface area contributed by atoms with Crippen LogP contribution in [0.3, 0.4) is 0 Å². The van der Waals surface area contributed by atoms with Gasteiger partial charge in [0.25, 0.3) is 5.91 Å². The monoisotopic (exact) mass is 345 g/mol. The Morgan fingerprint density at radius 1 is 1.00 bits per heavy atom. The minimum Gasteiger partial charge on any atom is -0.350 e. The van der Waals surface area contributed by atoms with E-state index in [0.717, 1.165) is 54.1 Å². The van der Waals surface area contributed by atoms with Crippen molar-refractivity contribution in [1.82, 2.24) is 15.1 Å². The first-order valence-electron chi connectivity index (χ1n) is 8.99. The summed E-state index contributed by atoms with van der Waals surface area (Å²) in [4.78, 5) is 16.6. The van der Waals surface area contributed by atoms with Gasteiger partial charge in [0.1, 0.15) is 0 Å². The van der Waals surface area contributed by atoms with Crippen LogP contribution in [0, 0.1) is 0 Å². The maximum absolute atomic E-state index is 12.6. The van der Waals surface area contributed by atoms with Crippen molar-refractivity contribution >= 4 is 17.2 Å². The lowest BCUT2D eigenvalue weighted by molar-refractivity contribution is 0.0736. The molecule has 4 rings (SSSR count). The first kappa shape index (κ1) is 16.6. The molecule has 2 aromatic carbocycles. The second-order valence-corrected chi connectivity index (χ2v) is 6.77. The normalized spacial score (nSPS) is 17.0. The fraction of sp³-hybridized carbons (Fsp3) is 0.227. The molecule has 0 spiro atoms. The van der Waals surface area contributed by atoms with Crippen molar-refractivity contribution in [3.63, 3.8) is 0 Å². The summed E-state index contributed by atoms with van der Waals surface area (Å²) < 4.78 is 0. The summed E-state index contributed by atoms with van der Waals surface area (Å²) in [5.41, 5.74) is 6.32. The molecule has 2 aliphatic rings. The number of fused-ring (bicyclic) bond motifs is 1. The molecule has 0 aromatic heterocycles.